The van der Waals surface area contributed by atoms with Gasteiger partial charge < -0.3 is 9.47 Å². The van der Waals surface area contributed by atoms with Crippen LogP contribution in [0.25, 0.3) is 11.3 Å². The van der Waals surface area contributed by atoms with E-state index in [4.69, 9.17) is 9.47 Å². The SMILES string of the molecule is CCCCOc1ccc(-c2csc(NC(=O)COc3cc(C)ccc3C(C)C)n2)cc1. The Bertz CT molecular complexity index is 996. The summed E-state index contributed by atoms with van der Waals surface area (Å²) in [5.41, 5.74) is 4.00. The molecule has 0 spiro atoms. The van der Waals surface area contributed by atoms with E-state index in [1.54, 1.807) is 0 Å². The molecule has 164 valence electrons. The van der Waals surface area contributed by atoms with Gasteiger partial charge in [-0.25, -0.2) is 4.98 Å². The van der Waals surface area contributed by atoms with Crippen molar-refractivity contribution < 1.29 is 14.3 Å². The van der Waals surface area contributed by atoms with Gasteiger partial charge in [0.2, 0.25) is 0 Å². The molecule has 31 heavy (non-hydrogen) atoms. The van der Waals surface area contributed by atoms with Crippen molar-refractivity contribution in [3.63, 3.8) is 0 Å². The topological polar surface area (TPSA) is 60.5 Å². The van der Waals surface area contributed by atoms with Gasteiger partial charge in [0, 0.05) is 10.9 Å². The molecule has 0 atom stereocenters. The summed E-state index contributed by atoms with van der Waals surface area (Å²) in [6.45, 7) is 9.05. The Morgan fingerprint density at radius 2 is 1.90 bits per heavy atom. The van der Waals surface area contributed by atoms with Crippen LogP contribution in [0.4, 0.5) is 5.13 Å². The molecular formula is C25H30N2O3S. The number of carbonyl (C=O) groups is 1. The molecule has 1 heterocycles. The number of hydrogen-bond donors (Lipinski definition) is 1. The van der Waals surface area contributed by atoms with Gasteiger partial charge in [-0.15, -0.1) is 11.3 Å². The number of anilines is 1. The van der Waals surface area contributed by atoms with E-state index in [9.17, 15) is 4.79 Å². The molecule has 0 aliphatic carbocycles. The molecule has 3 rings (SSSR count). The van der Waals surface area contributed by atoms with E-state index in [0.29, 0.717) is 11.0 Å². The number of aryl methyl sites for hydroxylation is 1. The van der Waals surface area contributed by atoms with Crippen LogP contribution >= 0.6 is 11.3 Å². The van der Waals surface area contributed by atoms with Gasteiger partial charge in [-0.3, -0.25) is 10.1 Å². The molecule has 2 aromatic carbocycles. The lowest BCUT2D eigenvalue weighted by atomic mass is 10.0. The van der Waals surface area contributed by atoms with Crippen LogP contribution in [-0.2, 0) is 4.79 Å². The molecule has 0 saturated carbocycles. The third kappa shape index (κ3) is 6.56. The predicted molar refractivity (Wildman–Crippen MR) is 127 cm³/mol. The lowest BCUT2D eigenvalue weighted by Gasteiger charge is -2.14. The number of unbranched alkanes of at least 4 members (excludes halogenated alkanes) is 1. The number of aromatic nitrogens is 1. The molecule has 0 fully saturated rings. The van der Waals surface area contributed by atoms with Crippen LogP contribution in [0.2, 0.25) is 0 Å². The summed E-state index contributed by atoms with van der Waals surface area (Å²) in [5.74, 6) is 1.71. The standard InChI is InChI=1S/C25H30N2O3S/c1-5-6-13-29-20-10-8-19(9-11-20)22-16-31-25(26-22)27-24(28)15-30-23-14-18(4)7-12-21(23)17(2)3/h7-12,14,16-17H,5-6,13,15H2,1-4H3,(H,26,27,28). The van der Waals surface area contributed by atoms with Crippen molar-refractivity contribution in [3.8, 4) is 22.8 Å². The molecule has 1 N–H and O–H groups in total. The maximum absolute atomic E-state index is 12.4. The molecule has 0 unspecified atom stereocenters. The van der Waals surface area contributed by atoms with E-state index in [1.807, 2.05) is 42.6 Å². The molecule has 6 heteroatoms. The molecule has 0 aliphatic rings. The summed E-state index contributed by atoms with van der Waals surface area (Å²) < 4.78 is 11.5. The zero-order valence-electron chi connectivity index (χ0n) is 18.6. The van der Waals surface area contributed by atoms with Crippen LogP contribution in [0.15, 0.2) is 47.8 Å². The summed E-state index contributed by atoms with van der Waals surface area (Å²) in [4.78, 5) is 16.9. The third-order valence-corrected chi connectivity index (χ3v) is 5.57. The van der Waals surface area contributed by atoms with Crippen molar-refractivity contribution >= 4 is 22.4 Å². The van der Waals surface area contributed by atoms with Gasteiger partial charge in [-0.05, 0) is 60.7 Å². The highest BCUT2D eigenvalue weighted by atomic mass is 32.1. The Labute approximate surface area is 188 Å². The van der Waals surface area contributed by atoms with Gasteiger partial charge in [-0.2, -0.15) is 0 Å². The van der Waals surface area contributed by atoms with Gasteiger partial charge in [0.15, 0.2) is 11.7 Å². The number of benzene rings is 2. The van der Waals surface area contributed by atoms with Crippen molar-refractivity contribution in [1.29, 1.82) is 0 Å². The van der Waals surface area contributed by atoms with Crippen LogP contribution in [0.5, 0.6) is 11.5 Å². The van der Waals surface area contributed by atoms with Crippen molar-refractivity contribution in [3.05, 3.63) is 59.0 Å². The highest BCUT2D eigenvalue weighted by Gasteiger charge is 2.12. The fraction of sp³-hybridized carbons (Fsp3) is 0.360. The molecular weight excluding hydrogens is 408 g/mol. The smallest absolute Gasteiger partial charge is 0.264 e. The summed E-state index contributed by atoms with van der Waals surface area (Å²) in [7, 11) is 0. The van der Waals surface area contributed by atoms with Crippen LogP contribution in [0.3, 0.4) is 0 Å². The van der Waals surface area contributed by atoms with Crippen LogP contribution in [-0.4, -0.2) is 24.1 Å². The Hall–Kier alpha value is -2.86. The maximum Gasteiger partial charge on any atom is 0.264 e. The lowest BCUT2D eigenvalue weighted by Crippen LogP contribution is -2.20. The molecule has 0 radical (unpaired) electrons. The van der Waals surface area contributed by atoms with Gasteiger partial charge in [-0.1, -0.05) is 39.3 Å². The van der Waals surface area contributed by atoms with Crippen LogP contribution < -0.4 is 14.8 Å². The van der Waals surface area contributed by atoms with Gasteiger partial charge >= 0.3 is 0 Å². The Morgan fingerprint density at radius 1 is 1.13 bits per heavy atom. The molecule has 1 aromatic heterocycles. The number of nitrogens with one attached hydrogen (secondary N) is 1. The van der Waals surface area contributed by atoms with Crippen molar-refractivity contribution in [2.45, 2.75) is 46.5 Å². The van der Waals surface area contributed by atoms with E-state index < -0.39 is 0 Å². The molecule has 1 amide bonds. The van der Waals surface area contributed by atoms with Gasteiger partial charge in [0.25, 0.3) is 5.91 Å². The normalized spacial score (nSPS) is 10.9. The number of amides is 1. The summed E-state index contributed by atoms with van der Waals surface area (Å²) in [6, 6.07) is 13.9. The number of nitrogens with zero attached hydrogens (tertiary/aromatic N) is 1. The molecule has 0 saturated heterocycles. The largest absolute Gasteiger partial charge is 0.494 e. The summed E-state index contributed by atoms with van der Waals surface area (Å²) in [6.07, 6.45) is 2.16. The molecule has 3 aromatic rings. The van der Waals surface area contributed by atoms with Crippen LogP contribution in [0.1, 0.15) is 50.7 Å². The van der Waals surface area contributed by atoms with E-state index in [-0.39, 0.29) is 12.5 Å². The maximum atomic E-state index is 12.4. The second-order valence-electron chi connectivity index (χ2n) is 7.80. The highest BCUT2D eigenvalue weighted by molar-refractivity contribution is 7.14. The van der Waals surface area contributed by atoms with E-state index in [0.717, 1.165) is 53.3 Å². The monoisotopic (exact) mass is 438 g/mol. The van der Waals surface area contributed by atoms with Crippen molar-refractivity contribution in [2.75, 3.05) is 18.5 Å². The quantitative estimate of drug-likeness (QED) is 0.370. The predicted octanol–water partition coefficient (Wildman–Crippen LogP) is 6.44. The number of thiazole rings is 1. The van der Waals surface area contributed by atoms with E-state index >= 15 is 0 Å². The number of ether oxygens (including phenoxy) is 2. The Balaban J connectivity index is 1.56. The first-order valence-electron chi connectivity index (χ1n) is 10.7. The van der Waals surface area contributed by atoms with E-state index in [2.05, 4.69) is 43.2 Å². The Morgan fingerprint density at radius 3 is 2.61 bits per heavy atom. The first-order chi connectivity index (χ1) is 15.0. The van der Waals surface area contributed by atoms with Crippen molar-refractivity contribution in [2.24, 2.45) is 0 Å². The first-order valence-corrected chi connectivity index (χ1v) is 11.6. The zero-order chi connectivity index (χ0) is 22.2. The van der Waals surface area contributed by atoms with E-state index in [1.165, 1.54) is 11.3 Å². The average Bonchev–Trinajstić information content (AvgIpc) is 3.21. The fourth-order valence-corrected chi connectivity index (χ4v) is 3.80. The summed E-state index contributed by atoms with van der Waals surface area (Å²) in [5, 5.41) is 5.32. The average molecular weight is 439 g/mol. The number of hydrogen-bond acceptors (Lipinski definition) is 5. The molecule has 0 bridgehead atoms. The first kappa shape index (κ1) is 22.8. The minimum Gasteiger partial charge on any atom is -0.494 e. The highest BCUT2D eigenvalue weighted by Crippen LogP contribution is 2.28. The van der Waals surface area contributed by atoms with Gasteiger partial charge in [0.05, 0.1) is 12.3 Å². The van der Waals surface area contributed by atoms with Crippen molar-refractivity contribution in [1.82, 2.24) is 4.98 Å². The minimum absolute atomic E-state index is 0.0537. The van der Waals surface area contributed by atoms with Gasteiger partial charge in [0.1, 0.15) is 11.5 Å². The second-order valence-corrected chi connectivity index (χ2v) is 8.66. The summed E-state index contributed by atoms with van der Waals surface area (Å²) >= 11 is 1.40. The fourth-order valence-electron chi connectivity index (χ4n) is 3.06. The number of carbonyl (C=O) groups excluding carboxylic acids is 1. The molecule has 5 nitrogen and oxygen atoms in total. The lowest BCUT2D eigenvalue weighted by molar-refractivity contribution is -0.118. The Kier molecular flexibility index (Phi) is 8.06. The number of rotatable bonds is 10. The zero-order valence-corrected chi connectivity index (χ0v) is 19.4. The molecule has 0 aliphatic heterocycles. The van der Waals surface area contributed by atoms with Crippen LogP contribution in [0, 0.1) is 6.92 Å². The second kappa shape index (κ2) is 11.0. The minimum atomic E-state index is -0.225. The third-order valence-electron chi connectivity index (χ3n) is 4.82.